The number of rotatable bonds is 4. The Kier molecular flexibility index (Phi) is 4.77. The van der Waals surface area contributed by atoms with Gasteiger partial charge in [0, 0.05) is 56.8 Å². The number of carbonyl (C=O) groups is 2. The van der Waals surface area contributed by atoms with Crippen molar-refractivity contribution in [3.63, 3.8) is 0 Å². The van der Waals surface area contributed by atoms with Gasteiger partial charge in [-0.1, -0.05) is 6.07 Å². The summed E-state index contributed by atoms with van der Waals surface area (Å²) in [7, 11) is 3.50. The smallest absolute Gasteiger partial charge is 0.319 e. The molecule has 8 heteroatoms. The van der Waals surface area contributed by atoms with Crippen LogP contribution in [-0.4, -0.2) is 68.4 Å². The Morgan fingerprint density at radius 2 is 2.04 bits per heavy atom. The lowest BCUT2D eigenvalue weighted by Crippen LogP contribution is -2.37. The molecular formula is C20H22N6O2. The zero-order valence-electron chi connectivity index (χ0n) is 15.9. The summed E-state index contributed by atoms with van der Waals surface area (Å²) >= 11 is 0. The first-order chi connectivity index (χ1) is 13.5. The molecule has 0 spiro atoms. The van der Waals surface area contributed by atoms with E-state index in [1.165, 1.54) is 0 Å². The minimum absolute atomic E-state index is 0.00236. The molecule has 3 aromatic heterocycles. The first kappa shape index (κ1) is 18.1. The van der Waals surface area contributed by atoms with Crippen LogP contribution in [0, 0.1) is 0 Å². The molecule has 0 aliphatic carbocycles. The number of hydrogen-bond donors (Lipinski definition) is 0. The van der Waals surface area contributed by atoms with Crippen molar-refractivity contribution >= 4 is 17.5 Å². The van der Waals surface area contributed by atoms with Crippen LogP contribution in [0.15, 0.2) is 42.7 Å². The molecule has 0 aromatic carbocycles. The zero-order valence-corrected chi connectivity index (χ0v) is 15.9. The molecule has 1 saturated heterocycles. The number of urea groups is 1. The van der Waals surface area contributed by atoms with Crippen LogP contribution in [0.5, 0.6) is 0 Å². The Morgan fingerprint density at radius 1 is 1.18 bits per heavy atom. The van der Waals surface area contributed by atoms with Crippen molar-refractivity contribution in [3.05, 3.63) is 59.8 Å². The predicted molar refractivity (Wildman–Crippen MR) is 103 cm³/mol. The molecular weight excluding hydrogens is 356 g/mol. The van der Waals surface area contributed by atoms with Gasteiger partial charge in [0.25, 0.3) is 0 Å². The van der Waals surface area contributed by atoms with E-state index < -0.39 is 0 Å². The first-order valence-electron chi connectivity index (χ1n) is 9.27. The monoisotopic (exact) mass is 378 g/mol. The molecule has 1 aliphatic heterocycles. The molecule has 0 radical (unpaired) electrons. The maximum absolute atomic E-state index is 12.7. The summed E-state index contributed by atoms with van der Waals surface area (Å²) < 4.78 is 1.87. The predicted octanol–water partition coefficient (Wildman–Crippen LogP) is 2.02. The summed E-state index contributed by atoms with van der Waals surface area (Å²) in [5.74, 6) is 0.882. The normalized spacial score (nSPS) is 16.5. The van der Waals surface area contributed by atoms with Crippen molar-refractivity contribution in [1.29, 1.82) is 0 Å². The topological polar surface area (TPSA) is 83.7 Å². The van der Waals surface area contributed by atoms with E-state index in [9.17, 15) is 9.59 Å². The molecule has 1 atom stereocenters. The molecule has 2 amide bonds. The van der Waals surface area contributed by atoms with E-state index >= 15 is 0 Å². The fourth-order valence-electron chi connectivity index (χ4n) is 3.55. The SMILES string of the molecule is CN(C)C(=O)N1CCC(c2nnc3ccc(C(=O)Cc4ccccn4)cn23)C1. The lowest BCUT2D eigenvalue weighted by atomic mass is 10.1. The second-order valence-electron chi connectivity index (χ2n) is 7.23. The van der Waals surface area contributed by atoms with Crippen molar-refractivity contribution in [2.45, 2.75) is 18.8 Å². The van der Waals surface area contributed by atoms with Crippen molar-refractivity contribution in [3.8, 4) is 0 Å². The first-order valence-corrected chi connectivity index (χ1v) is 9.27. The van der Waals surface area contributed by atoms with Crippen molar-refractivity contribution < 1.29 is 9.59 Å². The second-order valence-corrected chi connectivity index (χ2v) is 7.23. The van der Waals surface area contributed by atoms with Gasteiger partial charge in [-0.05, 0) is 30.7 Å². The molecule has 28 heavy (non-hydrogen) atoms. The molecule has 0 N–H and O–H groups in total. The highest BCUT2D eigenvalue weighted by atomic mass is 16.2. The quantitative estimate of drug-likeness (QED) is 0.649. The van der Waals surface area contributed by atoms with Gasteiger partial charge in [-0.25, -0.2) is 4.79 Å². The highest BCUT2D eigenvalue weighted by Crippen LogP contribution is 2.27. The second kappa shape index (κ2) is 7.38. The number of carbonyl (C=O) groups excluding carboxylic acids is 2. The average Bonchev–Trinajstić information content (AvgIpc) is 3.34. The van der Waals surface area contributed by atoms with Crippen LogP contribution in [-0.2, 0) is 6.42 Å². The average molecular weight is 378 g/mol. The molecule has 0 bridgehead atoms. The van der Waals surface area contributed by atoms with Gasteiger partial charge in [-0.2, -0.15) is 0 Å². The summed E-state index contributed by atoms with van der Waals surface area (Å²) in [6, 6.07) is 9.13. The third kappa shape index (κ3) is 3.45. The van der Waals surface area contributed by atoms with Crippen LogP contribution in [0.4, 0.5) is 4.79 Å². The maximum Gasteiger partial charge on any atom is 0.319 e. The number of hydrogen-bond acceptors (Lipinski definition) is 5. The molecule has 1 unspecified atom stereocenters. The number of aromatic nitrogens is 4. The van der Waals surface area contributed by atoms with E-state index in [1.54, 1.807) is 43.5 Å². The molecule has 8 nitrogen and oxygen atoms in total. The molecule has 3 aromatic rings. The number of likely N-dealkylation sites (tertiary alicyclic amines) is 1. The Morgan fingerprint density at radius 3 is 2.79 bits per heavy atom. The van der Waals surface area contributed by atoms with Gasteiger partial charge >= 0.3 is 6.03 Å². The minimum atomic E-state index is -0.00363. The molecule has 4 heterocycles. The van der Waals surface area contributed by atoms with Gasteiger partial charge in [0.15, 0.2) is 11.4 Å². The van der Waals surface area contributed by atoms with E-state index in [2.05, 4.69) is 15.2 Å². The highest BCUT2D eigenvalue weighted by molar-refractivity contribution is 5.97. The minimum Gasteiger partial charge on any atom is -0.331 e. The zero-order chi connectivity index (χ0) is 19.7. The van der Waals surface area contributed by atoms with Crippen molar-refractivity contribution in [1.82, 2.24) is 29.4 Å². The van der Waals surface area contributed by atoms with Crippen LogP contribution in [0.2, 0.25) is 0 Å². The van der Waals surface area contributed by atoms with E-state index in [0.717, 1.165) is 17.9 Å². The van der Waals surface area contributed by atoms with Crippen molar-refractivity contribution in [2.75, 3.05) is 27.2 Å². The summed E-state index contributed by atoms with van der Waals surface area (Å²) in [5.41, 5.74) is 2.03. The van der Waals surface area contributed by atoms with E-state index in [0.29, 0.717) is 24.3 Å². The molecule has 1 aliphatic rings. The summed E-state index contributed by atoms with van der Waals surface area (Å²) in [5, 5.41) is 8.57. The Bertz CT molecular complexity index is 1010. The summed E-state index contributed by atoms with van der Waals surface area (Å²) in [4.78, 5) is 32.5. The van der Waals surface area contributed by atoms with Crippen molar-refractivity contribution in [2.24, 2.45) is 0 Å². The van der Waals surface area contributed by atoms with Gasteiger partial charge < -0.3 is 9.80 Å². The van der Waals surface area contributed by atoms with E-state index in [-0.39, 0.29) is 24.2 Å². The molecule has 1 fully saturated rings. The van der Waals surface area contributed by atoms with Crippen LogP contribution in [0.1, 0.15) is 34.2 Å². The molecule has 4 rings (SSSR count). The molecule has 0 saturated carbocycles. The van der Waals surface area contributed by atoms with Gasteiger partial charge in [0.2, 0.25) is 0 Å². The number of ketones is 1. The number of fused-ring (bicyclic) bond motifs is 1. The standard InChI is InChI=1S/C20H22N6O2/c1-24(2)20(28)25-10-8-15(12-25)19-23-22-18-7-6-14(13-26(18)19)17(27)11-16-5-3-4-9-21-16/h3-7,9,13,15H,8,10-12H2,1-2H3. The summed E-state index contributed by atoms with van der Waals surface area (Å²) in [6.07, 6.45) is 4.56. The van der Waals surface area contributed by atoms with Gasteiger partial charge in [0.05, 0.1) is 6.42 Å². The number of pyridine rings is 2. The fraction of sp³-hybridized carbons (Fsp3) is 0.350. The van der Waals surface area contributed by atoms with E-state index in [4.69, 9.17) is 0 Å². The largest absolute Gasteiger partial charge is 0.331 e. The Balaban J connectivity index is 1.57. The highest BCUT2D eigenvalue weighted by Gasteiger charge is 2.31. The van der Waals surface area contributed by atoms with Crippen LogP contribution < -0.4 is 0 Å². The third-order valence-corrected chi connectivity index (χ3v) is 5.02. The molecule has 144 valence electrons. The number of nitrogens with zero attached hydrogens (tertiary/aromatic N) is 6. The number of amides is 2. The Labute approximate surface area is 162 Å². The van der Waals surface area contributed by atoms with Crippen LogP contribution >= 0.6 is 0 Å². The maximum atomic E-state index is 12.7. The number of Topliss-reactive ketones (excluding diaryl/α,β-unsaturated/α-hetero) is 1. The lowest BCUT2D eigenvalue weighted by Gasteiger charge is -2.21. The Hall–Kier alpha value is -3.29. The van der Waals surface area contributed by atoms with Gasteiger partial charge in [-0.15, -0.1) is 10.2 Å². The van der Waals surface area contributed by atoms with Crippen LogP contribution in [0.25, 0.3) is 5.65 Å². The summed E-state index contributed by atoms with van der Waals surface area (Å²) in [6.45, 7) is 1.29. The lowest BCUT2D eigenvalue weighted by molar-refractivity contribution is 0.0991. The van der Waals surface area contributed by atoms with Gasteiger partial charge in [-0.3, -0.25) is 14.2 Å². The van der Waals surface area contributed by atoms with Gasteiger partial charge in [0.1, 0.15) is 5.82 Å². The fourth-order valence-corrected chi connectivity index (χ4v) is 3.55. The van der Waals surface area contributed by atoms with Crippen LogP contribution in [0.3, 0.4) is 0 Å². The van der Waals surface area contributed by atoms with E-state index in [1.807, 2.05) is 27.5 Å². The third-order valence-electron chi connectivity index (χ3n) is 5.02.